The van der Waals surface area contributed by atoms with E-state index in [1.807, 2.05) is 0 Å². The third-order valence-corrected chi connectivity index (χ3v) is 2.47. The van der Waals surface area contributed by atoms with Gasteiger partial charge in [-0.3, -0.25) is 0 Å². The third kappa shape index (κ3) is 1.90. The van der Waals surface area contributed by atoms with E-state index in [1.54, 1.807) is 0 Å². The molecule has 0 spiro atoms. The van der Waals surface area contributed by atoms with E-state index >= 15 is 0 Å². The molecule has 1 aliphatic heterocycles. The number of hydrogen-bond acceptors (Lipinski definition) is 2. The maximum Gasteiger partial charge on any atom is 0.124 e. The third-order valence-electron chi connectivity index (χ3n) is 2.47. The van der Waals surface area contributed by atoms with E-state index in [2.05, 4.69) is 37.4 Å². The summed E-state index contributed by atoms with van der Waals surface area (Å²) in [7, 11) is 0. The summed E-state index contributed by atoms with van der Waals surface area (Å²) in [6.45, 7) is 6.15. The van der Waals surface area contributed by atoms with Crippen LogP contribution in [0.2, 0.25) is 0 Å². The van der Waals surface area contributed by atoms with Gasteiger partial charge in [0.25, 0.3) is 0 Å². The summed E-state index contributed by atoms with van der Waals surface area (Å²) in [6, 6.07) is 6.34. The topological polar surface area (TPSA) is 21.3 Å². The monoisotopic (exact) mass is 191 g/mol. The molecule has 0 unspecified atom stereocenters. The van der Waals surface area contributed by atoms with Crippen LogP contribution in [-0.4, -0.2) is 12.6 Å². The zero-order valence-electron chi connectivity index (χ0n) is 8.84. The zero-order chi connectivity index (χ0) is 9.97. The van der Waals surface area contributed by atoms with Crippen LogP contribution in [0.1, 0.15) is 25.0 Å². The van der Waals surface area contributed by atoms with Crippen LogP contribution in [-0.2, 0) is 13.0 Å². The van der Waals surface area contributed by atoms with Gasteiger partial charge in [-0.25, -0.2) is 0 Å². The molecule has 0 aliphatic carbocycles. The van der Waals surface area contributed by atoms with Gasteiger partial charge in [-0.15, -0.1) is 0 Å². The molecule has 0 radical (unpaired) electrons. The van der Waals surface area contributed by atoms with Gasteiger partial charge in [0, 0.05) is 12.1 Å². The van der Waals surface area contributed by atoms with E-state index in [-0.39, 0.29) is 6.10 Å². The van der Waals surface area contributed by atoms with E-state index in [0.29, 0.717) is 0 Å². The van der Waals surface area contributed by atoms with Crippen molar-refractivity contribution in [2.24, 2.45) is 0 Å². The molecular formula is C12H17NO. The zero-order valence-corrected chi connectivity index (χ0v) is 8.84. The molecular weight excluding hydrogens is 174 g/mol. The quantitative estimate of drug-likeness (QED) is 0.773. The summed E-state index contributed by atoms with van der Waals surface area (Å²) in [6.07, 6.45) is 1.37. The summed E-state index contributed by atoms with van der Waals surface area (Å²) in [5, 5.41) is 3.37. The number of ether oxygens (including phenoxy) is 1. The Hall–Kier alpha value is -1.02. The van der Waals surface area contributed by atoms with Crippen LogP contribution in [0.15, 0.2) is 18.2 Å². The average molecular weight is 191 g/mol. The van der Waals surface area contributed by atoms with Gasteiger partial charge in [0.15, 0.2) is 0 Å². The predicted molar refractivity (Wildman–Crippen MR) is 57.6 cm³/mol. The van der Waals surface area contributed by atoms with Crippen molar-refractivity contribution in [3.05, 3.63) is 29.3 Å². The predicted octanol–water partition coefficient (Wildman–Crippen LogP) is 2.12. The van der Waals surface area contributed by atoms with Gasteiger partial charge in [0.05, 0.1) is 6.10 Å². The second kappa shape index (κ2) is 4.01. The van der Waals surface area contributed by atoms with E-state index in [4.69, 9.17) is 4.74 Å². The van der Waals surface area contributed by atoms with E-state index in [0.717, 1.165) is 25.3 Å². The Labute approximate surface area is 85.3 Å². The molecule has 0 aromatic heterocycles. The molecule has 2 rings (SSSR count). The van der Waals surface area contributed by atoms with Crippen LogP contribution in [0.4, 0.5) is 0 Å². The van der Waals surface area contributed by atoms with Gasteiger partial charge >= 0.3 is 0 Å². The van der Waals surface area contributed by atoms with Crippen LogP contribution in [0, 0.1) is 0 Å². The van der Waals surface area contributed by atoms with Gasteiger partial charge in [-0.1, -0.05) is 12.1 Å². The van der Waals surface area contributed by atoms with Crippen LogP contribution in [0.25, 0.3) is 0 Å². The van der Waals surface area contributed by atoms with Gasteiger partial charge in [-0.2, -0.15) is 0 Å². The highest BCUT2D eigenvalue weighted by Crippen LogP contribution is 2.25. The van der Waals surface area contributed by atoms with Crippen molar-refractivity contribution in [3.63, 3.8) is 0 Å². The molecule has 1 heterocycles. The lowest BCUT2D eigenvalue weighted by Gasteiger charge is -2.21. The minimum atomic E-state index is 0.253. The maximum atomic E-state index is 5.77. The lowest BCUT2D eigenvalue weighted by molar-refractivity contribution is 0.238. The Bertz CT molecular complexity index is 320. The number of fused-ring (bicyclic) bond motifs is 1. The molecule has 0 saturated heterocycles. The minimum absolute atomic E-state index is 0.253. The van der Waals surface area contributed by atoms with Gasteiger partial charge in [0.1, 0.15) is 5.75 Å². The first kappa shape index (κ1) is 9.53. The SMILES string of the molecule is CC(C)Oc1cccc2c1CNCC2. The molecule has 14 heavy (non-hydrogen) atoms. The van der Waals surface area contributed by atoms with E-state index in [9.17, 15) is 0 Å². The molecule has 0 amide bonds. The molecule has 1 aromatic rings. The average Bonchev–Trinajstić information content (AvgIpc) is 2.18. The van der Waals surface area contributed by atoms with Gasteiger partial charge in [0.2, 0.25) is 0 Å². The summed E-state index contributed by atoms with van der Waals surface area (Å²) < 4.78 is 5.77. The van der Waals surface area contributed by atoms with Crippen molar-refractivity contribution >= 4 is 0 Å². The number of hydrogen-bond donors (Lipinski definition) is 1. The highest BCUT2D eigenvalue weighted by Gasteiger charge is 2.13. The fourth-order valence-electron chi connectivity index (χ4n) is 1.85. The lowest BCUT2D eigenvalue weighted by Crippen LogP contribution is -2.24. The van der Waals surface area contributed by atoms with Crippen molar-refractivity contribution in [3.8, 4) is 5.75 Å². The lowest BCUT2D eigenvalue weighted by atomic mass is 10.0. The summed E-state index contributed by atoms with van der Waals surface area (Å²) in [5.41, 5.74) is 2.77. The molecule has 1 aromatic carbocycles. The Morgan fingerprint density at radius 2 is 2.21 bits per heavy atom. The van der Waals surface area contributed by atoms with Crippen LogP contribution >= 0.6 is 0 Å². The van der Waals surface area contributed by atoms with Gasteiger partial charge in [-0.05, 0) is 38.4 Å². The summed E-state index contributed by atoms with van der Waals surface area (Å²) in [5.74, 6) is 1.05. The Morgan fingerprint density at radius 1 is 1.36 bits per heavy atom. The fourth-order valence-corrected chi connectivity index (χ4v) is 1.85. The molecule has 2 heteroatoms. The van der Waals surface area contributed by atoms with Crippen molar-refractivity contribution in [1.82, 2.24) is 5.32 Å². The number of nitrogens with one attached hydrogen (secondary N) is 1. The summed E-state index contributed by atoms with van der Waals surface area (Å²) >= 11 is 0. The standard InChI is InChI=1S/C12H17NO/c1-9(2)14-12-5-3-4-10-6-7-13-8-11(10)12/h3-5,9,13H,6-8H2,1-2H3. The van der Waals surface area contributed by atoms with Crippen LogP contribution in [0.3, 0.4) is 0 Å². The largest absolute Gasteiger partial charge is 0.491 e. The van der Waals surface area contributed by atoms with Crippen molar-refractivity contribution in [1.29, 1.82) is 0 Å². The van der Waals surface area contributed by atoms with Crippen molar-refractivity contribution in [2.75, 3.05) is 6.54 Å². The highest BCUT2D eigenvalue weighted by molar-refractivity contribution is 5.41. The number of benzene rings is 1. The summed E-state index contributed by atoms with van der Waals surface area (Å²) in [4.78, 5) is 0. The number of rotatable bonds is 2. The van der Waals surface area contributed by atoms with E-state index < -0.39 is 0 Å². The first-order valence-electron chi connectivity index (χ1n) is 5.25. The second-order valence-corrected chi connectivity index (χ2v) is 3.99. The first-order valence-corrected chi connectivity index (χ1v) is 5.25. The Kier molecular flexibility index (Phi) is 2.73. The molecule has 2 nitrogen and oxygen atoms in total. The molecule has 0 saturated carbocycles. The van der Waals surface area contributed by atoms with Crippen LogP contribution in [0.5, 0.6) is 5.75 Å². The Morgan fingerprint density at radius 3 is 3.00 bits per heavy atom. The fraction of sp³-hybridized carbons (Fsp3) is 0.500. The highest BCUT2D eigenvalue weighted by atomic mass is 16.5. The smallest absolute Gasteiger partial charge is 0.124 e. The van der Waals surface area contributed by atoms with Crippen LogP contribution < -0.4 is 10.1 Å². The molecule has 0 fully saturated rings. The second-order valence-electron chi connectivity index (χ2n) is 3.99. The van der Waals surface area contributed by atoms with Gasteiger partial charge < -0.3 is 10.1 Å². The van der Waals surface area contributed by atoms with E-state index in [1.165, 1.54) is 11.1 Å². The van der Waals surface area contributed by atoms with Crippen molar-refractivity contribution < 1.29 is 4.74 Å². The van der Waals surface area contributed by atoms with Crippen molar-refractivity contribution in [2.45, 2.75) is 32.9 Å². The molecule has 0 bridgehead atoms. The molecule has 1 N–H and O–H groups in total. The molecule has 76 valence electrons. The Balaban J connectivity index is 2.30. The maximum absolute atomic E-state index is 5.77. The molecule has 0 atom stereocenters. The molecule has 1 aliphatic rings. The normalized spacial score (nSPS) is 15.4. The first-order chi connectivity index (χ1) is 6.77. The minimum Gasteiger partial charge on any atom is -0.491 e.